The molecule has 3 aromatic heterocycles. The van der Waals surface area contributed by atoms with E-state index in [4.69, 9.17) is 24.6 Å². The number of anilines is 2. The minimum Gasteiger partial charge on any atom is -0.483 e. The molecule has 6 aromatic rings. The number of nitrogens with zero attached hydrogens (tertiary/aromatic N) is 7. The Morgan fingerprint density at radius 3 is 2.17 bits per heavy atom. The third-order valence-electron chi connectivity index (χ3n) is 8.90. The van der Waals surface area contributed by atoms with E-state index in [-0.39, 0.29) is 30.9 Å². The average molecular weight is 708 g/mol. The zero-order chi connectivity index (χ0) is 36.5. The lowest BCUT2D eigenvalue weighted by Crippen LogP contribution is -2.30. The van der Waals surface area contributed by atoms with Gasteiger partial charge >= 0.3 is 0 Å². The molecule has 0 saturated carbocycles. The highest BCUT2D eigenvalue weighted by Crippen LogP contribution is 2.39. The lowest BCUT2D eigenvalue weighted by molar-refractivity contribution is -0.122. The van der Waals surface area contributed by atoms with Crippen LogP contribution in [0, 0.1) is 0 Å². The number of aromatic nitrogens is 7. The third-order valence-corrected chi connectivity index (χ3v) is 8.90. The molecule has 7 rings (SSSR count). The van der Waals surface area contributed by atoms with Gasteiger partial charge in [0.1, 0.15) is 24.8 Å². The molecule has 0 spiro atoms. The van der Waals surface area contributed by atoms with Crippen molar-refractivity contribution in [2.45, 2.75) is 50.2 Å². The molecule has 6 N–H and O–H groups in total. The normalized spacial score (nSPS) is 18.2. The Hall–Kier alpha value is -5.74. The molecule has 1 fully saturated rings. The van der Waals surface area contributed by atoms with E-state index < -0.39 is 24.5 Å². The number of rotatable bonds is 13. The highest BCUT2D eigenvalue weighted by atomic mass is 16.6. The molecule has 1 saturated heterocycles. The van der Waals surface area contributed by atoms with Gasteiger partial charge in [0, 0.05) is 25.4 Å². The standard InChI is InChI=1S/C36H39N9O4.CH2O2/c1-2-27-39-33(43-42-27)31-29(47)30(48)35(49-31)45-21-38-28-32(37-20-26(24-14-8-4-9-15-24)25-16-10-5-11-17-25)40-36(41-34(28)45)44(22-46)19-18-23-12-6-3-7-13-23;2-1-3/h3-17,21,26,29-31,35,46-48H,2,18-20,22H2,1H3,(H,37,40,41)(H,39,42,43);1H,(H,2,3)/t29-,30+,31-,35+;/m0./s1. The van der Waals surface area contributed by atoms with Crippen LogP contribution in [0.2, 0.25) is 0 Å². The van der Waals surface area contributed by atoms with Crippen LogP contribution in [-0.4, -0.2) is 93.6 Å². The number of aliphatic hydroxyl groups excluding tert-OH is 3. The van der Waals surface area contributed by atoms with Gasteiger partial charge in [0.2, 0.25) is 5.95 Å². The number of fused-ring (bicyclic) bond motifs is 1. The number of aromatic amines is 1. The number of ether oxygens (including phenoxy) is 1. The first-order chi connectivity index (χ1) is 25.4. The van der Waals surface area contributed by atoms with Crippen molar-refractivity contribution in [2.75, 3.05) is 30.0 Å². The van der Waals surface area contributed by atoms with Crippen molar-refractivity contribution in [3.63, 3.8) is 0 Å². The second kappa shape index (κ2) is 17.0. The summed E-state index contributed by atoms with van der Waals surface area (Å²) in [6, 6.07) is 30.5. The number of H-pyrrole nitrogens is 1. The lowest BCUT2D eigenvalue weighted by Gasteiger charge is -2.23. The lowest BCUT2D eigenvalue weighted by atomic mass is 9.91. The maximum Gasteiger partial charge on any atom is 0.290 e. The van der Waals surface area contributed by atoms with Crippen molar-refractivity contribution in [3.8, 4) is 0 Å². The van der Waals surface area contributed by atoms with Gasteiger partial charge in [0.25, 0.3) is 6.47 Å². The number of carboxylic acid groups (broad SMARTS) is 1. The summed E-state index contributed by atoms with van der Waals surface area (Å²) in [5.74, 6) is 1.63. The van der Waals surface area contributed by atoms with E-state index >= 15 is 0 Å². The molecule has 15 nitrogen and oxygen atoms in total. The second-order valence-corrected chi connectivity index (χ2v) is 12.1. The number of aliphatic hydroxyl groups is 3. The quantitative estimate of drug-likeness (QED) is 0.0752. The molecule has 4 atom stereocenters. The first kappa shape index (κ1) is 36.1. The number of imidazole rings is 1. The van der Waals surface area contributed by atoms with E-state index in [0.717, 1.165) is 16.7 Å². The molecule has 52 heavy (non-hydrogen) atoms. The van der Waals surface area contributed by atoms with Gasteiger partial charge in [-0.1, -0.05) is 97.9 Å². The Kier molecular flexibility index (Phi) is 11.8. The first-order valence-electron chi connectivity index (χ1n) is 16.9. The topological polar surface area (TPSA) is 208 Å². The van der Waals surface area contributed by atoms with Crippen LogP contribution in [0.4, 0.5) is 11.8 Å². The number of nitrogens with one attached hydrogen (secondary N) is 2. The third kappa shape index (κ3) is 7.92. The van der Waals surface area contributed by atoms with E-state index in [0.29, 0.717) is 48.7 Å². The number of aryl methyl sites for hydroxylation is 1. The fourth-order valence-electron chi connectivity index (χ4n) is 6.19. The van der Waals surface area contributed by atoms with Crippen LogP contribution < -0.4 is 10.2 Å². The predicted molar refractivity (Wildman–Crippen MR) is 192 cm³/mol. The van der Waals surface area contributed by atoms with Crippen LogP contribution in [0.3, 0.4) is 0 Å². The number of hydrogen-bond donors (Lipinski definition) is 6. The molecule has 0 amide bonds. The summed E-state index contributed by atoms with van der Waals surface area (Å²) in [5.41, 5.74) is 4.20. The van der Waals surface area contributed by atoms with Gasteiger partial charge in [-0.25, -0.2) is 9.97 Å². The van der Waals surface area contributed by atoms with Gasteiger partial charge in [0.05, 0.1) is 6.33 Å². The van der Waals surface area contributed by atoms with E-state index in [2.05, 4.69) is 49.7 Å². The van der Waals surface area contributed by atoms with Crippen LogP contribution in [0.5, 0.6) is 0 Å². The Labute approximate surface area is 299 Å². The first-order valence-corrected chi connectivity index (χ1v) is 16.9. The predicted octanol–water partition coefficient (Wildman–Crippen LogP) is 3.44. The van der Waals surface area contributed by atoms with Crippen molar-refractivity contribution in [2.24, 2.45) is 0 Å². The van der Waals surface area contributed by atoms with Gasteiger partial charge in [-0.3, -0.25) is 14.5 Å². The maximum absolute atomic E-state index is 11.2. The fourth-order valence-corrected chi connectivity index (χ4v) is 6.19. The molecular formula is C37H41N9O6. The minimum absolute atomic E-state index is 0.00441. The zero-order valence-corrected chi connectivity index (χ0v) is 28.5. The molecule has 1 aliphatic rings. The summed E-state index contributed by atoms with van der Waals surface area (Å²) in [4.78, 5) is 28.9. The number of carbonyl (C=O) groups is 1. The van der Waals surface area contributed by atoms with Gasteiger partial charge in [0.15, 0.2) is 35.1 Å². The van der Waals surface area contributed by atoms with Gasteiger partial charge < -0.3 is 35.4 Å². The molecule has 0 bridgehead atoms. The van der Waals surface area contributed by atoms with E-state index in [1.54, 1.807) is 9.47 Å². The summed E-state index contributed by atoms with van der Waals surface area (Å²) in [6.45, 7) is 2.30. The van der Waals surface area contributed by atoms with Crippen LogP contribution in [-0.2, 0) is 22.4 Å². The molecule has 0 aliphatic carbocycles. The van der Waals surface area contributed by atoms with Crippen LogP contribution in [0.1, 0.15) is 53.5 Å². The van der Waals surface area contributed by atoms with Crippen molar-refractivity contribution >= 4 is 29.4 Å². The minimum atomic E-state index is -1.33. The highest BCUT2D eigenvalue weighted by molar-refractivity contribution is 5.84. The number of benzene rings is 3. The summed E-state index contributed by atoms with van der Waals surface area (Å²) < 4.78 is 7.79. The summed E-state index contributed by atoms with van der Waals surface area (Å²) in [5, 5.41) is 50.2. The monoisotopic (exact) mass is 707 g/mol. The molecular weight excluding hydrogens is 666 g/mol. The smallest absolute Gasteiger partial charge is 0.290 e. The van der Waals surface area contributed by atoms with Crippen LogP contribution in [0.25, 0.3) is 11.2 Å². The van der Waals surface area contributed by atoms with E-state index in [1.807, 2.05) is 73.7 Å². The SMILES string of the molecule is CCc1nc([C@H]2O[C@@H](n3cnc4c(NCC(c5ccccc5)c5ccccc5)nc(N(CO)CCc5ccccc5)nc43)[C@H](O)[C@@H]2O)n[nH]1.O=CO. The Morgan fingerprint density at radius 1 is 0.942 bits per heavy atom. The molecule has 0 radical (unpaired) electrons. The summed E-state index contributed by atoms with van der Waals surface area (Å²) >= 11 is 0. The summed E-state index contributed by atoms with van der Waals surface area (Å²) in [7, 11) is 0. The van der Waals surface area contributed by atoms with Crippen molar-refractivity contribution in [3.05, 3.63) is 126 Å². The van der Waals surface area contributed by atoms with Crippen molar-refractivity contribution in [1.29, 1.82) is 0 Å². The Bertz CT molecular complexity index is 1970. The van der Waals surface area contributed by atoms with Crippen LogP contribution in [0.15, 0.2) is 97.3 Å². The maximum atomic E-state index is 11.2. The van der Waals surface area contributed by atoms with Crippen molar-refractivity contribution in [1.82, 2.24) is 34.7 Å². The molecule has 1 aliphatic heterocycles. The summed E-state index contributed by atoms with van der Waals surface area (Å²) in [6.07, 6.45) is -1.82. The van der Waals surface area contributed by atoms with Gasteiger partial charge in [-0.05, 0) is 23.1 Å². The highest BCUT2D eigenvalue weighted by Gasteiger charge is 2.47. The molecule has 15 heteroatoms. The number of hydrogen-bond acceptors (Lipinski definition) is 12. The van der Waals surface area contributed by atoms with E-state index in [1.165, 1.54) is 6.33 Å². The van der Waals surface area contributed by atoms with Gasteiger partial charge in [-0.2, -0.15) is 15.1 Å². The molecule has 270 valence electrons. The Balaban J connectivity index is 0.00000150. The molecule has 4 heterocycles. The van der Waals surface area contributed by atoms with E-state index in [9.17, 15) is 15.3 Å². The Morgan fingerprint density at radius 2 is 1.58 bits per heavy atom. The fraction of sp³-hybridized carbons (Fsp3) is 0.297. The van der Waals surface area contributed by atoms with Crippen LogP contribution >= 0.6 is 0 Å². The zero-order valence-electron chi connectivity index (χ0n) is 28.5. The second-order valence-electron chi connectivity index (χ2n) is 12.1. The van der Waals surface area contributed by atoms with Crippen molar-refractivity contribution < 1.29 is 30.0 Å². The largest absolute Gasteiger partial charge is 0.483 e. The average Bonchev–Trinajstić information content (AvgIpc) is 3.91. The molecule has 3 aromatic carbocycles. The van der Waals surface area contributed by atoms with Gasteiger partial charge in [-0.15, -0.1) is 0 Å². The molecule has 0 unspecified atom stereocenters.